The van der Waals surface area contributed by atoms with Crippen LogP contribution in [-0.2, 0) is 6.42 Å². The van der Waals surface area contributed by atoms with Gasteiger partial charge in [0.05, 0.1) is 10.0 Å². The third-order valence-corrected chi connectivity index (χ3v) is 5.21. The zero-order valence-electron chi connectivity index (χ0n) is 12.3. The number of hydrogen-bond acceptors (Lipinski definition) is 1. The standard InChI is InChI=1S/C17H25Cl2N/c1-20-15(10-13-6-4-2-3-5-7-13)11-14-8-9-16(18)17(19)12-14/h8-9,12-13,15,20H,2-7,10-11H2,1H3. The van der Waals surface area contributed by atoms with Crippen LogP contribution in [0.4, 0.5) is 0 Å². The second-order valence-corrected chi connectivity index (χ2v) is 6.85. The smallest absolute Gasteiger partial charge is 0.0595 e. The van der Waals surface area contributed by atoms with E-state index >= 15 is 0 Å². The molecule has 0 bridgehead atoms. The lowest BCUT2D eigenvalue weighted by atomic mass is 9.90. The van der Waals surface area contributed by atoms with Crippen LogP contribution in [0.1, 0.15) is 50.5 Å². The molecule has 1 aliphatic carbocycles. The van der Waals surface area contributed by atoms with Crippen molar-refractivity contribution >= 4 is 23.2 Å². The summed E-state index contributed by atoms with van der Waals surface area (Å²) < 4.78 is 0. The average Bonchev–Trinajstić information content (AvgIpc) is 2.71. The number of rotatable bonds is 5. The van der Waals surface area contributed by atoms with Crippen molar-refractivity contribution in [1.29, 1.82) is 0 Å². The zero-order valence-corrected chi connectivity index (χ0v) is 13.8. The Labute approximate surface area is 133 Å². The van der Waals surface area contributed by atoms with Crippen LogP contribution in [0.5, 0.6) is 0 Å². The maximum Gasteiger partial charge on any atom is 0.0595 e. The molecule has 1 aliphatic rings. The molecule has 20 heavy (non-hydrogen) atoms. The van der Waals surface area contributed by atoms with Crippen molar-refractivity contribution in [3.63, 3.8) is 0 Å². The minimum atomic E-state index is 0.537. The van der Waals surface area contributed by atoms with Crippen molar-refractivity contribution in [2.75, 3.05) is 7.05 Å². The van der Waals surface area contributed by atoms with Crippen LogP contribution in [0.25, 0.3) is 0 Å². The Kier molecular flexibility index (Phi) is 6.67. The quantitative estimate of drug-likeness (QED) is 0.709. The fourth-order valence-corrected chi connectivity index (χ4v) is 3.58. The van der Waals surface area contributed by atoms with Crippen LogP contribution >= 0.6 is 23.2 Å². The summed E-state index contributed by atoms with van der Waals surface area (Å²) in [5.74, 6) is 0.887. The van der Waals surface area contributed by atoms with Gasteiger partial charge in [-0.25, -0.2) is 0 Å². The molecule has 0 amide bonds. The van der Waals surface area contributed by atoms with Crippen molar-refractivity contribution in [3.05, 3.63) is 33.8 Å². The first-order valence-corrected chi connectivity index (χ1v) is 8.56. The maximum absolute atomic E-state index is 6.10. The molecule has 1 aromatic carbocycles. The monoisotopic (exact) mass is 313 g/mol. The molecule has 1 atom stereocenters. The summed E-state index contributed by atoms with van der Waals surface area (Å²) in [4.78, 5) is 0. The molecule has 1 unspecified atom stereocenters. The molecular formula is C17H25Cl2N. The van der Waals surface area contributed by atoms with E-state index in [1.54, 1.807) is 0 Å². The lowest BCUT2D eigenvalue weighted by Gasteiger charge is -2.22. The summed E-state index contributed by atoms with van der Waals surface area (Å²) in [7, 11) is 2.07. The largest absolute Gasteiger partial charge is 0.317 e. The first-order valence-electron chi connectivity index (χ1n) is 7.80. The molecule has 2 rings (SSSR count). The van der Waals surface area contributed by atoms with E-state index in [9.17, 15) is 0 Å². The van der Waals surface area contributed by atoms with E-state index in [4.69, 9.17) is 23.2 Å². The van der Waals surface area contributed by atoms with Gasteiger partial charge in [-0.15, -0.1) is 0 Å². The normalized spacial score (nSPS) is 18.8. The van der Waals surface area contributed by atoms with Crippen LogP contribution < -0.4 is 5.32 Å². The molecule has 3 heteroatoms. The lowest BCUT2D eigenvalue weighted by molar-refractivity contribution is 0.361. The number of hydrogen-bond donors (Lipinski definition) is 1. The molecule has 1 saturated carbocycles. The minimum absolute atomic E-state index is 0.537. The van der Waals surface area contributed by atoms with Gasteiger partial charge in [-0.1, -0.05) is 67.8 Å². The fraction of sp³-hybridized carbons (Fsp3) is 0.647. The molecule has 0 aliphatic heterocycles. The second kappa shape index (κ2) is 8.26. The van der Waals surface area contributed by atoms with Gasteiger partial charge in [-0.2, -0.15) is 0 Å². The summed E-state index contributed by atoms with van der Waals surface area (Å²) in [5, 5.41) is 4.78. The summed E-state index contributed by atoms with van der Waals surface area (Å²) >= 11 is 12.1. The van der Waals surface area contributed by atoms with Crippen LogP contribution in [0, 0.1) is 5.92 Å². The molecule has 1 N–H and O–H groups in total. The number of nitrogens with one attached hydrogen (secondary N) is 1. The van der Waals surface area contributed by atoms with Crippen LogP contribution in [-0.4, -0.2) is 13.1 Å². The third-order valence-electron chi connectivity index (χ3n) is 4.47. The number of likely N-dealkylation sites (N-methyl/N-ethyl adjacent to an activating group) is 1. The molecule has 0 radical (unpaired) electrons. The van der Waals surface area contributed by atoms with Crippen molar-refractivity contribution in [3.8, 4) is 0 Å². The highest BCUT2D eigenvalue weighted by atomic mass is 35.5. The van der Waals surface area contributed by atoms with E-state index in [1.165, 1.54) is 50.5 Å². The van der Waals surface area contributed by atoms with Gasteiger partial charge in [0, 0.05) is 6.04 Å². The van der Waals surface area contributed by atoms with Crippen LogP contribution in [0.3, 0.4) is 0 Å². The SMILES string of the molecule is CNC(Cc1ccc(Cl)c(Cl)c1)CC1CCCCCC1. The highest BCUT2D eigenvalue weighted by molar-refractivity contribution is 6.42. The summed E-state index contributed by atoms with van der Waals surface area (Å²) in [5.41, 5.74) is 1.27. The third kappa shape index (κ3) is 4.95. The average molecular weight is 314 g/mol. The topological polar surface area (TPSA) is 12.0 Å². The number of halogens is 2. The molecule has 0 spiro atoms. The Bertz CT molecular complexity index is 411. The fourth-order valence-electron chi connectivity index (χ4n) is 3.26. The Morgan fingerprint density at radius 1 is 1.10 bits per heavy atom. The van der Waals surface area contributed by atoms with E-state index in [0.29, 0.717) is 16.1 Å². The molecular weight excluding hydrogens is 289 g/mol. The zero-order chi connectivity index (χ0) is 14.4. The summed E-state index contributed by atoms with van der Waals surface area (Å²) in [6.07, 6.45) is 10.8. The maximum atomic E-state index is 6.10. The van der Waals surface area contributed by atoms with Gasteiger partial charge in [0.15, 0.2) is 0 Å². The van der Waals surface area contributed by atoms with Crippen molar-refractivity contribution in [2.24, 2.45) is 5.92 Å². The van der Waals surface area contributed by atoms with Gasteiger partial charge in [0.25, 0.3) is 0 Å². The van der Waals surface area contributed by atoms with Gasteiger partial charge < -0.3 is 5.32 Å². The molecule has 0 saturated heterocycles. The van der Waals surface area contributed by atoms with E-state index < -0.39 is 0 Å². The Morgan fingerprint density at radius 3 is 2.40 bits per heavy atom. The lowest BCUT2D eigenvalue weighted by Crippen LogP contribution is -2.30. The first kappa shape index (κ1) is 16.1. The molecule has 0 heterocycles. The van der Waals surface area contributed by atoms with E-state index in [2.05, 4.69) is 18.4 Å². The molecule has 1 fully saturated rings. The number of benzene rings is 1. The first-order chi connectivity index (χ1) is 9.69. The van der Waals surface area contributed by atoms with Crippen molar-refractivity contribution in [1.82, 2.24) is 5.32 Å². The minimum Gasteiger partial charge on any atom is -0.317 e. The van der Waals surface area contributed by atoms with Gasteiger partial charge in [-0.05, 0) is 43.5 Å². The van der Waals surface area contributed by atoms with Crippen molar-refractivity contribution < 1.29 is 0 Å². The van der Waals surface area contributed by atoms with Gasteiger partial charge in [-0.3, -0.25) is 0 Å². The highest BCUT2D eigenvalue weighted by Gasteiger charge is 2.17. The van der Waals surface area contributed by atoms with E-state index in [0.717, 1.165) is 12.3 Å². The van der Waals surface area contributed by atoms with Crippen LogP contribution in [0.15, 0.2) is 18.2 Å². The van der Waals surface area contributed by atoms with Gasteiger partial charge in [0.1, 0.15) is 0 Å². The van der Waals surface area contributed by atoms with Crippen molar-refractivity contribution in [2.45, 2.75) is 57.4 Å². The van der Waals surface area contributed by atoms with Crippen LogP contribution in [0.2, 0.25) is 10.0 Å². The molecule has 0 aromatic heterocycles. The van der Waals surface area contributed by atoms with E-state index in [1.807, 2.05) is 12.1 Å². The summed E-state index contributed by atoms with van der Waals surface area (Å²) in [6.45, 7) is 0. The van der Waals surface area contributed by atoms with Gasteiger partial charge >= 0.3 is 0 Å². The Balaban J connectivity index is 1.92. The van der Waals surface area contributed by atoms with E-state index in [-0.39, 0.29) is 0 Å². The molecule has 1 aromatic rings. The predicted octanol–water partition coefficient (Wildman–Crippen LogP) is 5.48. The highest BCUT2D eigenvalue weighted by Crippen LogP contribution is 2.28. The Hall–Kier alpha value is -0.240. The Morgan fingerprint density at radius 2 is 1.80 bits per heavy atom. The summed E-state index contributed by atoms with van der Waals surface area (Å²) in [6, 6.07) is 6.53. The van der Waals surface area contributed by atoms with Gasteiger partial charge in [0.2, 0.25) is 0 Å². The second-order valence-electron chi connectivity index (χ2n) is 6.03. The predicted molar refractivity (Wildman–Crippen MR) is 88.8 cm³/mol. The molecule has 1 nitrogen and oxygen atoms in total. The molecule has 112 valence electrons.